The molecule has 0 bridgehead atoms. The van der Waals surface area contributed by atoms with Crippen LogP contribution in [-0.4, -0.2) is 35.0 Å². The molecule has 0 N–H and O–H groups in total. The molecule has 4 rings (SSSR count). The summed E-state index contributed by atoms with van der Waals surface area (Å²) in [4.78, 5) is 19.7. The van der Waals surface area contributed by atoms with Crippen LogP contribution in [0.3, 0.4) is 0 Å². The van der Waals surface area contributed by atoms with Gasteiger partial charge in [-0.25, -0.2) is 4.98 Å². The monoisotopic (exact) mass is 342 g/mol. The number of ether oxygens (including phenoxy) is 1. The van der Waals surface area contributed by atoms with Crippen molar-refractivity contribution in [3.63, 3.8) is 0 Å². The molecule has 1 amide bonds. The first-order valence-corrected chi connectivity index (χ1v) is 9.48. The van der Waals surface area contributed by atoms with Crippen molar-refractivity contribution in [3.8, 4) is 5.75 Å². The predicted octanol–water partition coefficient (Wildman–Crippen LogP) is 3.72. The Balaban J connectivity index is 1.49. The van der Waals surface area contributed by atoms with E-state index in [0.717, 1.165) is 47.9 Å². The lowest BCUT2D eigenvalue weighted by Gasteiger charge is -2.34. The number of piperidine rings is 1. The van der Waals surface area contributed by atoms with Crippen LogP contribution in [0, 0.1) is 6.92 Å². The fourth-order valence-electron chi connectivity index (χ4n) is 3.75. The first-order chi connectivity index (χ1) is 11.6. The van der Waals surface area contributed by atoms with Gasteiger partial charge in [0.05, 0.1) is 5.01 Å². The molecule has 0 aliphatic carbocycles. The Kier molecular flexibility index (Phi) is 4.04. The molecule has 1 aromatic heterocycles. The van der Waals surface area contributed by atoms with Crippen molar-refractivity contribution in [2.75, 3.05) is 13.1 Å². The Labute approximate surface area is 146 Å². The van der Waals surface area contributed by atoms with Gasteiger partial charge in [0.1, 0.15) is 5.75 Å². The van der Waals surface area contributed by atoms with Crippen molar-refractivity contribution in [3.05, 3.63) is 45.9 Å². The molecule has 2 aliphatic heterocycles. The molecule has 1 fully saturated rings. The van der Waals surface area contributed by atoms with E-state index in [2.05, 4.69) is 23.4 Å². The molecule has 3 atom stereocenters. The minimum atomic E-state index is -0.390. The molecule has 0 spiro atoms. The number of hydrogen-bond acceptors (Lipinski definition) is 4. The van der Waals surface area contributed by atoms with Crippen molar-refractivity contribution in [2.24, 2.45) is 0 Å². The second kappa shape index (κ2) is 6.20. The summed E-state index contributed by atoms with van der Waals surface area (Å²) in [5.74, 6) is 1.45. The number of nitrogens with zero attached hydrogens (tertiary/aromatic N) is 2. The van der Waals surface area contributed by atoms with E-state index < -0.39 is 0 Å². The lowest BCUT2D eigenvalue weighted by molar-refractivity contribution is -0.139. The zero-order valence-electron chi connectivity index (χ0n) is 14.1. The third kappa shape index (κ3) is 2.71. The molecule has 1 aromatic carbocycles. The van der Waals surface area contributed by atoms with Gasteiger partial charge in [-0.05, 0) is 25.8 Å². The summed E-state index contributed by atoms with van der Waals surface area (Å²) in [7, 11) is 0. The molecule has 2 aliphatic rings. The number of para-hydroxylation sites is 1. The Bertz CT molecular complexity index is 757. The average Bonchev–Trinajstić information content (AvgIpc) is 3.19. The Morgan fingerprint density at radius 1 is 1.38 bits per heavy atom. The van der Waals surface area contributed by atoms with Gasteiger partial charge >= 0.3 is 0 Å². The summed E-state index contributed by atoms with van der Waals surface area (Å²) in [5, 5.41) is 3.25. The maximum atomic E-state index is 13.0. The van der Waals surface area contributed by atoms with E-state index in [1.807, 2.05) is 30.0 Å². The molecule has 3 heterocycles. The number of carbonyl (C=O) groups excluding carboxylic acids is 1. The van der Waals surface area contributed by atoms with E-state index in [1.165, 1.54) is 0 Å². The summed E-state index contributed by atoms with van der Waals surface area (Å²) in [6.45, 7) is 5.69. The van der Waals surface area contributed by atoms with Gasteiger partial charge in [-0.1, -0.05) is 25.1 Å². The molecule has 24 heavy (non-hydrogen) atoms. The smallest absolute Gasteiger partial charge is 0.264 e. The van der Waals surface area contributed by atoms with Gasteiger partial charge in [-0.15, -0.1) is 11.3 Å². The van der Waals surface area contributed by atoms with E-state index in [-0.39, 0.29) is 17.9 Å². The topological polar surface area (TPSA) is 42.4 Å². The summed E-state index contributed by atoms with van der Waals surface area (Å²) in [6, 6.07) is 7.98. The van der Waals surface area contributed by atoms with Crippen LogP contribution in [0.4, 0.5) is 0 Å². The predicted molar refractivity (Wildman–Crippen MR) is 94.7 cm³/mol. The largest absolute Gasteiger partial charge is 0.480 e. The van der Waals surface area contributed by atoms with Crippen LogP contribution in [0.2, 0.25) is 0 Å². The quantitative estimate of drug-likeness (QED) is 0.835. The van der Waals surface area contributed by atoms with Crippen LogP contribution < -0.4 is 4.74 Å². The zero-order valence-corrected chi connectivity index (χ0v) is 14.9. The number of fused-ring (bicyclic) bond motifs is 1. The minimum absolute atomic E-state index is 0.108. The van der Waals surface area contributed by atoms with Crippen LogP contribution in [0.5, 0.6) is 5.75 Å². The van der Waals surface area contributed by atoms with E-state index in [0.29, 0.717) is 5.92 Å². The SMILES string of the molecule is Cc1csc([C@@H]2CCCN(C(=O)[C@H]3Oc4ccccc4[C@H]3C)C2)n1. The third-order valence-corrected chi connectivity index (χ3v) is 6.21. The number of aryl methyl sites for hydroxylation is 1. The van der Waals surface area contributed by atoms with Crippen LogP contribution in [-0.2, 0) is 4.79 Å². The number of benzene rings is 1. The molecular formula is C19H22N2O2S. The fourth-order valence-corrected chi connectivity index (χ4v) is 4.67. The van der Waals surface area contributed by atoms with Crippen LogP contribution in [0.1, 0.15) is 47.9 Å². The molecule has 1 saturated heterocycles. The number of hydrogen-bond donors (Lipinski definition) is 0. The van der Waals surface area contributed by atoms with Crippen molar-refractivity contribution >= 4 is 17.2 Å². The molecule has 5 heteroatoms. The van der Waals surface area contributed by atoms with Crippen LogP contribution >= 0.6 is 11.3 Å². The van der Waals surface area contributed by atoms with Gasteiger partial charge < -0.3 is 9.64 Å². The second-order valence-corrected chi connectivity index (χ2v) is 7.71. The fraction of sp³-hybridized carbons (Fsp3) is 0.474. The van der Waals surface area contributed by atoms with Crippen molar-refractivity contribution in [1.29, 1.82) is 0 Å². The molecule has 126 valence electrons. The van der Waals surface area contributed by atoms with Crippen LogP contribution in [0.25, 0.3) is 0 Å². The minimum Gasteiger partial charge on any atom is -0.480 e. The summed E-state index contributed by atoms with van der Waals surface area (Å²) >= 11 is 1.71. The molecule has 4 nitrogen and oxygen atoms in total. The lowest BCUT2D eigenvalue weighted by atomic mass is 9.94. The maximum absolute atomic E-state index is 13.0. The molecule has 0 saturated carbocycles. The van der Waals surface area contributed by atoms with Crippen molar-refractivity contribution in [2.45, 2.75) is 44.6 Å². The number of amides is 1. The summed E-state index contributed by atoms with van der Waals surface area (Å²) in [6.07, 6.45) is 1.75. The highest BCUT2D eigenvalue weighted by Gasteiger charge is 2.39. The highest BCUT2D eigenvalue weighted by atomic mass is 32.1. The highest BCUT2D eigenvalue weighted by Crippen LogP contribution is 2.39. The molecule has 0 unspecified atom stereocenters. The zero-order chi connectivity index (χ0) is 16.7. The van der Waals surface area contributed by atoms with E-state index in [4.69, 9.17) is 4.74 Å². The number of aromatic nitrogens is 1. The standard InChI is InChI=1S/C19H22N2O2S/c1-12-11-24-18(20-12)14-6-5-9-21(10-14)19(22)17-13(2)15-7-3-4-8-16(15)23-17/h3-4,7-8,11,13-14,17H,5-6,9-10H2,1-2H3/t13-,14-,17+/m1/s1. The Morgan fingerprint density at radius 3 is 2.96 bits per heavy atom. The molecular weight excluding hydrogens is 320 g/mol. The van der Waals surface area contributed by atoms with Gasteiger partial charge in [-0.2, -0.15) is 0 Å². The Hall–Kier alpha value is -1.88. The maximum Gasteiger partial charge on any atom is 0.264 e. The van der Waals surface area contributed by atoms with Gasteiger partial charge in [0.15, 0.2) is 6.10 Å². The normalized spacial score (nSPS) is 26.1. The van der Waals surface area contributed by atoms with Gasteiger partial charge in [0, 0.05) is 41.6 Å². The van der Waals surface area contributed by atoms with Gasteiger partial charge in [0.25, 0.3) is 5.91 Å². The lowest BCUT2D eigenvalue weighted by Crippen LogP contribution is -2.46. The molecule has 2 aromatic rings. The number of likely N-dealkylation sites (tertiary alicyclic amines) is 1. The first kappa shape index (κ1) is 15.6. The molecule has 0 radical (unpaired) electrons. The summed E-state index contributed by atoms with van der Waals surface area (Å²) < 4.78 is 5.98. The highest BCUT2D eigenvalue weighted by molar-refractivity contribution is 7.09. The van der Waals surface area contributed by atoms with Gasteiger partial charge in [0.2, 0.25) is 0 Å². The number of thiazole rings is 1. The van der Waals surface area contributed by atoms with Gasteiger partial charge in [-0.3, -0.25) is 4.79 Å². The van der Waals surface area contributed by atoms with E-state index in [9.17, 15) is 4.79 Å². The third-order valence-electron chi connectivity index (χ3n) is 5.08. The van der Waals surface area contributed by atoms with Crippen molar-refractivity contribution in [1.82, 2.24) is 9.88 Å². The second-order valence-electron chi connectivity index (χ2n) is 6.82. The average molecular weight is 342 g/mol. The number of rotatable bonds is 2. The van der Waals surface area contributed by atoms with E-state index >= 15 is 0 Å². The van der Waals surface area contributed by atoms with E-state index in [1.54, 1.807) is 11.3 Å². The first-order valence-electron chi connectivity index (χ1n) is 8.60. The van der Waals surface area contributed by atoms with Crippen molar-refractivity contribution < 1.29 is 9.53 Å². The van der Waals surface area contributed by atoms with Crippen LogP contribution in [0.15, 0.2) is 29.6 Å². The summed E-state index contributed by atoms with van der Waals surface area (Å²) in [5.41, 5.74) is 2.21. The number of carbonyl (C=O) groups is 1. The Morgan fingerprint density at radius 2 is 2.21 bits per heavy atom.